The molecule has 2 aromatic carbocycles. The summed E-state index contributed by atoms with van der Waals surface area (Å²) in [5, 5.41) is 2.12. The first-order chi connectivity index (χ1) is 6.83. The first kappa shape index (κ1) is 8.67. The summed E-state index contributed by atoms with van der Waals surface area (Å²) in [6, 6.07) is 11.7. The molecule has 14 heavy (non-hydrogen) atoms. The van der Waals surface area contributed by atoms with Crippen molar-refractivity contribution >= 4 is 22.5 Å². The van der Waals surface area contributed by atoms with Crippen LogP contribution in [0.25, 0.3) is 10.8 Å². The van der Waals surface area contributed by atoms with Gasteiger partial charge in [-0.2, -0.15) is 4.99 Å². The van der Waals surface area contributed by atoms with E-state index >= 15 is 0 Å². The van der Waals surface area contributed by atoms with E-state index < -0.39 is 0 Å². The lowest BCUT2D eigenvalue weighted by Crippen LogP contribution is -1.77. The number of carbonyl (C=O) groups excluding carboxylic acids is 1. The molecular formula is C12H9NO. The van der Waals surface area contributed by atoms with E-state index in [4.69, 9.17) is 0 Å². The summed E-state index contributed by atoms with van der Waals surface area (Å²) < 4.78 is 0. The third-order valence-corrected chi connectivity index (χ3v) is 2.28. The molecule has 0 aromatic heterocycles. The molecule has 0 fully saturated rings. The average molecular weight is 183 g/mol. The molecule has 0 bridgehead atoms. The number of hydrogen-bond acceptors (Lipinski definition) is 2. The molecule has 0 radical (unpaired) electrons. The molecule has 0 saturated carbocycles. The van der Waals surface area contributed by atoms with Gasteiger partial charge in [-0.3, -0.25) is 0 Å². The Morgan fingerprint density at radius 3 is 2.57 bits per heavy atom. The predicted octanol–water partition coefficient (Wildman–Crippen LogP) is 3.12. The van der Waals surface area contributed by atoms with Gasteiger partial charge in [0.25, 0.3) is 0 Å². The zero-order chi connectivity index (χ0) is 9.97. The van der Waals surface area contributed by atoms with Crippen LogP contribution in [0.5, 0.6) is 0 Å². The number of aryl methyl sites for hydroxylation is 1. The van der Waals surface area contributed by atoms with Gasteiger partial charge in [-0.15, -0.1) is 0 Å². The Balaban J connectivity index is 2.87. The van der Waals surface area contributed by atoms with Crippen LogP contribution in [0.2, 0.25) is 0 Å². The van der Waals surface area contributed by atoms with Crippen molar-refractivity contribution in [3.05, 3.63) is 42.0 Å². The maximum absolute atomic E-state index is 10.2. The summed E-state index contributed by atoms with van der Waals surface area (Å²) in [6.45, 7) is 2.04. The fourth-order valence-electron chi connectivity index (χ4n) is 1.60. The SMILES string of the molecule is Cc1cccc2c(N=C=O)cccc12. The Hall–Kier alpha value is -1.92. The van der Waals surface area contributed by atoms with Gasteiger partial charge in [0.15, 0.2) is 0 Å². The number of hydrogen-bond donors (Lipinski definition) is 0. The van der Waals surface area contributed by atoms with Crippen LogP contribution in [-0.2, 0) is 4.79 Å². The third kappa shape index (κ3) is 1.32. The molecule has 68 valence electrons. The van der Waals surface area contributed by atoms with Gasteiger partial charge < -0.3 is 0 Å². The van der Waals surface area contributed by atoms with Crippen molar-refractivity contribution in [2.75, 3.05) is 0 Å². The van der Waals surface area contributed by atoms with Gasteiger partial charge in [0.1, 0.15) is 0 Å². The van der Waals surface area contributed by atoms with Gasteiger partial charge in [-0.05, 0) is 23.9 Å². The lowest BCUT2D eigenvalue weighted by molar-refractivity contribution is 0.565. The van der Waals surface area contributed by atoms with E-state index in [1.165, 1.54) is 5.56 Å². The molecule has 0 aliphatic heterocycles. The quantitative estimate of drug-likeness (QED) is 0.493. The monoisotopic (exact) mass is 183 g/mol. The third-order valence-electron chi connectivity index (χ3n) is 2.28. The number of fused-ring (bicyclic) bond motifs is 1. The molecule has 2 aromatic rings. The molecule has 0 amide bonds. The smallest absolute Gasteiger partial charge is 0.211 e. The Labute approximate surface area is 81.9 Å². The highest BCUT2D eigenvalue weighted by molar-refractivity contribution is 5.95. The van der Waals surface area contributed by atoms with Crippen LogP contribution in [0.15, 0.2) is 41.4 Å². The molecule has 0 unspecified atom stereocenters. The second-order valence-electron chi connectivity index (χ2n) is 3.15. The lowest BCUT2D eigenvalue weighted by atomic mass is 10.0. The number of benzene rings is 2. The van der Waals surface area contributed by atoms with Crippen molar-refractivity contribution in [3.63, 3.8) is 0 Å². The Morgan fingerprint density at radius 2 is 1.79 bits per heavy atom. The highest BCUT2D eigenvalue weighted by Crippen LogP contribution is 2.27. The van der Waals surface area contributed by atoms with Crippen LogP contribution < -0.4 is 0 Å². The number of aliphatic imine (C=N–C) groups is 1. The van der Waals surface area contributed by atoms with E-state index in [1.54, 1.807) is 6.08 Å². The van der Waals surface area contributed by atoms with Crippen molar-refractivity contribution in [3.8, 4) is 0 Å². The standard InChI is InChI=1S/C12H9NO/c1-9-4-2-6-11-10(9)5-3-7-12(11)13-8-14/h2-7H,1H3. The Bertz CT molecular complexity index is 525. The van der Waals surface area contributed by atoms with Crippen LogP contribution in [0, 0.1) is 6.92 Å². The largest absolute Gasteiger partial charge is 0.240 e. The molecule has 0 aliphatic rings. The van der Waals surface area contributed by atoms with E-state index in [0.29, 0.717) is 5.69 Å². The molecule has 0 atom stereocenters. The summed E-state index contributed by atoms with van der Waals surface area (Å²) in [6.07, 6.45) is 1.57. The fourth-order valence-corrected chi connectivity index (χ4v) is 1.60. The molecule has 2 nitrogen and oxygen atoms in total. The highest BCUT2D eigenvalue weighted by atomic mass is 16.1. The van der Waals surface area contributed by atoms with Crippen molar-refractivity contribution < 1.29 is 4.79 Å². The summed E-state index contributed by atoms with van der Waals surface area (Å²) in [7, 11) is 0. The molecule has 2 heteroatoms. The Morgan fingerprint density at radius 1 is 1.07 bits per heavy atom. The molecule has 0 spiro atoms. The minimum atomic E-state index is 0.682. The minimum Gasteiger partial charge on any atom is -0.211 e. The molecular weight excluding hydrogens is 174 g/mol. The number of isocyanates is 1. The first-order valence-corrected chi connectivity index (χ1v) is 4.39. The molecule has 0 heterocycles. The zero-order valence-electron chi connectivity index (χ0n) is 7.82. The predicted molar refractivity (Wildman–Crippen MR) is 56.5 cm³/mol. The second kappa shape index (κ2) is 3.44. The van der Waals surface area contributed by atoms with Crippen LogP contribution in [0.4, 0.5) is 5.69 Å². The van der Waals surface area contributed by atoms with Gasteiger partial charge in [-0.25, -0.2) is 4.79 Å². The van der Waals surface area contributed by atoms with Crippen molar-refractivity contribution in [2.45, 2.75) is 6.92 Å². The van der Waals surface area contributed by atoms with Gasteiger partial charge in [0, 0.05) is 5.39 Å². The number of nitrogens with zero attached hydrogens (tertiary/aromatic N) is 1. The van der Waals surface area contributed by atoms with Crippen LogP contribution >= 0.6 is 0 Å². The van der Waals surface area contributed by atoms with E-state index in [0.717, 1.165) is 10.8 Å². The minimum absolute atomic E-state index is 0.682. The summed E-state index contributed by atoms with van der Waals surface area (Å²) in [5.74, 6) is 0. The maximum atomic E-state index is 10.2. The summed E-state index contributed by atoms with van der Waals surface area (Å²) in [5.41, 5.74) is 1.87. The van der Waals surface area contributed by atoms with Gasteiger partial charge in [0.2, 0.25) is 6.08 Å². The van der Waals surface area contributed by atoms with E-state index in [9.17, 15) is 4.79 Å². The summed E-state index contributed by atoms with van der Waals surface area (Å²) >= 11 is 0. The highest BCUT2D eigenvalue weighted by Gasteiger charge is 2.00. The van der Waals surface area contributed by atoms with E-state index in [1.807, 2.05) is 43.3 Å². The van der Waals surface area contributed by atoms with Crippen molar-refractivity contribution in [1.82, 2.24) is 0 Å². The van der Waals surface area contributed by atoms with Crippen LogP contribution in [-0.4, -0.2) is 6.08 Å². The zero-order valence-corrected chi connectivity index (χ0v) is 7.82. The van der Waals surface area contributed by atoms with Crippen LogP contribution in [0.3, 0.4) is 0 Å². The second-order valence-corrected chi connectivity index (χ2v) is 3.15. The van der Waals surface area contributed by atoms with E-state index in [-0.39, 0.29) is 0 Å². The fraction of sp³-hybridized carbons (Fsp3) is 0.0833. The normalized spacial score (nSPS) is 9.79. The van der Waals surface area contributed by atoms with Crippen molar-refractivity contribution in [2.24, 2.45) is 4.99 Å². The molecule has 2 rings (SSSR count). The topological polar surface area (TPSA) is 29.4 Å². The first-order valence-electron chi connectivity index (χ1n) is 4.39. The van der Waals surface area contributed by atoms with E-state index in [2.05, 4.69) is 4.99 Å². The average Bonchev–Trinajstić information content (AvgIpc) is 2.20. The van der Waals surface area contributed by atoms with Crippen molar-refractivity contribution in [1.29, 1.82) is 0 Å². The molecule has 0 saturated heterocycles. The van der Waals surface area contributed by atoms with Gasteiger partial charge in [-0.1, -0.05) is 30.3 Å². The van der Waals surface area contributed by atoms with Gasteiger partial charge in [0.05, 0.1) is 5.69 Å². The summed E-state index contributed by atoms with van der Waals surface area (Å²) in [4.78, 5) is 13.9. The maximum Gasteiger partial charge on any atom is 0.240 e. The number of rotatable bonds is 1. The lowest BCUT2D eigenvalue weighted by Gasteiger charge is -2.02. The Kier molecular flexibility index (Phi) is 2.13. The van der Waals surface area contributed by atoms with Gasteiger partial charge >= 0.3 is 0 Å². The molecule has 0 N–H and O–H groups in total. The van der Waals surface area contributed by atoms with Crippen LogP contribution in [0.1, 0.15) is 5.56 Å². The molecule has 0 aliphatic carbocycles.